The minimum Gasteiger partial charge on any atom is -0.387 e. The normalized spacial score (nSPS) is 27.8. The molecule has 144 valence electrons. The molecule has 3 heterocycles. The van der Waals surface area contributed by atoms with E-state index in [4.69, 9.17) is 9.47 Å². The Morgan fingerprint density at radius 1 is 1.35 bits per heavy atom. The number of methoxy groups -OCH3 is 1. The second-order valence-corrected chi connectivity index (χ2v) is 7.45. The first-order chi connectivity index (χ1) is 12.3. The average Bonchev–Trinajstić information content (AvgIpc) is 3.12. The molecule has 26 heavy (non-hydrogen) atoms. The molecular formula is C13H20N5O7P. The number of nitrogens with one attached hydrogen (secondary N) is 1. The Hall–Kier alpha value is -1.66. The summed E-state index contributed by atoms with van der Waals surface area (Å²) in [7, 11) is -3.65. The molecule has 12 nitrogen and oxygen atoms in total. The summed E-state index contributed by atoms with van der Waals surface area (Å²) >= 11 is 0. The summed E-state index contributed by atoms with van der Waals surface area (Å²) in [4.78, 5) is 31.2. The third-order valence-electron chi connectivity index (χ3n) is 4.11. The third kappa shape index (κ3) is 3.21. The van der Waals surface area contributed by atoms with Crippen molar-refractivity contribution in [2.24, 2.45) is 0 Å². The minimum absolute atomic E-state index is 0.331. The van der Waals surface area contributed by atoms with E-state index in [1.54, 1.807) is 0 Å². The van der Waals surface area contributed by atoms with Gasteiger partial charge in [-0.25, -0.2) is 15.0 Å². The number of aliphatic hydroxyl groups excluding tert-OH is 2. The van der Waals surface area contributed by atoms with Crippen molar-refractivity contribution >= 4 is 24.6 Å². The van der Waals surface area contributed by atoms with Crippen molar-refractivity contribution in [1.29, 1.82) is 0 Å². The molecule has 1 saturated heterocycles. The number of nitrogens with zero attached hydrogens (tertiary/aromatic N) is 4. The number of aliphatic hydroxyl groups is 2. The van der Waals surface area contributed by atoms with E-state index in [-0.39, 0.29) is 0 Å². The molecule has 2 aromatic heterocycles. The van der Waals surface area contributed by atoms with E-state index in [0.717, 1.165) is 7.11 Å². The van der Waals surface area contributed by atoms with Crippen molar-refractivity contribution in [3.8, 4) is 0 Å². The molecule has 5 atom stereocenters. The predicted molar refractivity (Wildman–Crippen MR) is 88.3 cm³/mol. The Morgan fingerprint density at radius 2 is 2.08 bits per heavy atom. The van der Waals surface area contributed by atoms with E-state index >= 15 is 0 Å². The zero-order valence-electron chi connectivity index (χ0n) is 14.0. The fourth-order valence-electron chi connectivity index (χ4n) is 2.95. The van der Waals surface area contributed by atoms with Crippen LogP contribution in [0.2, 0.25) is 0 Å². The molecule has 13 heteroatoms. The maximum atomic E-state index is 11.6. The van der Waals surface area contributed by atoms with Crippen molar-refractivity contribution in [3.05, 3.63) is 12.7 Å². The average molecular weight is 389 g/mol. The molecule has 0 bridgehead atoms. The quantitative estimate of drug-likeness (QED) is 0.385. The smallest absolute Gasteiger partial charge is 0.356 e. The highest BCUT2D eigenvalue weighted by molar-refractivity contribution is 7.52. The topological polar surface area (TPSA) is 172 Å². The van der Waals surface area contributed by atoms with Gasteiger partial charge in [0.2, 0.25) is 0 Å². The number of hydrogen-bond acceptors (Lipinski definition) is 9. The van der Waals surface area contributed by atoms with Gasteiger partial charge in [-0.15, -0.1) is 0 Å². The fraction of sp³-hybridized carbons (Fsp3) is 0.615. The molecule has 0 aliphatic carbocycles. The lowest BCUT2D eigenvalue weighted by Gasteiger charge is -2.24. The van der Waals surface area contributed by atoms with Crippen LogP contribution in [0.15, 0.2) is 12.7 Å². The monoisotopic (exact) mass is 389 g/mol. The molecular weight excluding hydrogens is 369 g/mol. The van der Waals surface area contributed by atoms with Crippen LogP contribution in [0.4, 0.5) is 5.82 Å². The van der Waals surface area contributed by atoms with Crippen LogP contribution in [0.5, 0.6) is 0 Å². The number of hydrogen-bond donors (Lipinski definition) is 5. The van der Waals surface area contributed by atoms with Crippen molar-refractivity contribution in [1.82, 2.24) is 19.5 Å². The van der Waals surface area contributed by atoms with E-state index in [1.165, 1.54) is 17.2 Å². The molecule has 1 unspecified atom stereocenters. The van der Waals surface area contributed by atoms with Gasteiger partial charge in [0.1, 0.15) is 24.6 Å². The van der Waals surface area contributed by atoms with E-state index in [0.29, 0.717) is 23.5 Å². The summed E-state index contributed by atoms with van der Waals surface area (Å²) in [6.45, 7) is 2.50. The van der Waals surface area contributed by atoms with Crippen molar-refractivity contribution in [2.45, 2.75) is 37.3 Å². The third-order valence-corrected chi connectivity index (χ3v) is 5.27. The summed E-state index contributed by atoms with van der Waals surface area (Å²) in [6, 6.07) is 0. The van der Waals surface area contributed by atoms with Crippen LogP contribution in [0.3, 0.4) is 0 Å². The molecule has 0 radical (unpaired) electrons. The van der Waals surface area contributed by atoms with E-state index in [2.05, 4.69) is 20.3 Å². The zero-order valence-corrected chi connectivity index (χ0v) is 14.9. The first-order valence-corrected chi connectivity index (χ1v) is 9.48. The van der Waals surface area contributed by atoms with Gasteiger partial charge in [-0.05, 0) is 6.92 Å². The first-order valence-electron chi connectivity index (χ1n) is 7.80. The summed E-state index contributed by atoms with van der Waals surface area (Å²) in [5, 5.41) is 23.6. The Labute approximate surface area is 148 Å². The Bertz CT molecular complexity index is 826. The number of anilines is 1. The van der Waals surface area contributed by atoms with Gasteiger partial charge in [0.25, 0.3) is 0 Å². The summed E-state index contributed by atoms with van der Waals surface area (Å²) < 4.78 is 23.3. The maximum Gasteiger partial charge on any atom is 0.356 e. The van der Waals surface area contributed by atoms with Gasteiger partial charge in [-0.1, -0.05) is 0 Å². The molecule has 5 N–H and O–H groups in total. The molecule has 1 aliphatic rings. The molecule has 1 fully saturated rings. The number of fused-ring (bicyclic) bond motifs is 1. The SMILES string of the molecule is CCNc1ncnc2c1ncn2[C@@H]1O[C@@H](C(OC)P(=O)(O)O)[C@@H](O)[C@H]1O. The standard InChI is InChI=1S/C13H20N5O7P/c1-3-14-10-6-11(16-4-15-10)18(5-17-6)12-8(20)7(19)9(25-12)13(24-2)26(21,22)23/h4-5,7-9,12-13,19-20H,3H2,1-2H3,(H,14,15,16)(H2,21,22,23)/t7-,8+,9+,12+,13?/m0/s1. The summed E-state index contributed by atoms with van der Waals surface area (Å²) in [5.74, 6) is -1.23. The molecule has 0 spiro atoms. The molecule has 0 saturated carbocycles. The van der Waals surface area contributed by atoms with Gasteiger partial charge in [-0.2, -0.15) is 0 Å². The van der Waals surface area contributed by atoms with Crippen molar-refractivity contribution in [2.75, 3.05) is 19.0 Å². The second kappa shape index (κ2) is 7.16. The highest BCUT2D eigenvalue weighted by Crippen LogP contribution is 2.48. The number of rotatable bonds is 6. The van der Waals surface area contributed by atoms with Crippen LogP contribution in [0, 0.1) is 0 Å². The number of aromatic nitrogens is 4. The van der Waals surface area contributed by atoms with Gasteiger partial charge in [-0.3, -0.25) is 9.13 Å². The van der Waals surface area contributed by atoms with Gasteiger partial charge in [0.15, 0.2) is 29.1 Å². The lowest BCUT2D eigenvalue weighted by atomic mass is 10.1. The van der Waals surface area contributed by atoms with Crippen molar-refractivity contribution < 1.29 is 34.0 Å². The predicted octanol–water partition coefficient (Wildman–Crippen LogP) is -0.973. The largest absolute Gasteiger partial charge is 0.387 e. The van der Waals surface area contributed by atoms with Crippen LogP contribution in [0.1, 0.15) is 13.2 Å². The Kier molecular flexibility index (Phi) is 5.26. The lowest BCUT2D eigenvalue weighted by molar-refractivity contribution is -0.0761. The van der Waals surface area contributed by atoms with E-state index in [1.807, 2.05) is 6.92 Å². The molecule has 0 aromatic carbocycles. The summed E-state index contributed by atoms with van der Waals surface area (Å²) in [5.41, 5.74) is 0.763. The van der Waals surface area contributed by atoms with Gasteiger partial charge < -0.3 is 34.8 Å². The van der Waals surface area contributed by atoms with Crippen LogP contribution in [-0.4, -0.2) is 77.3 Å². The van der Waals surface area contributed by atoms with Crippen LogP contribution >= 0.6 is 7.60 Å². The maximum absolute atomic E-state index is 11.6. The van der Waals surface area contributed by atoms with Crippen LogP contribution < -0.4 is 5.32 Å². The van der Waals surface area contributed by atoms with Crippen molar-refractivity contribution in [3.63, 3.8) is 0 Å². The lowest BCUT2D eigenvalue weighted by Crippen LogP contribution is -2.39. The van der Waals surface area contributed by atoms with E-state index < -0.39 is 38.0 Å². The molecule has 0 amide bonds. The molecule has 2 aromatic rings. The highest BCUT2D eigenvalue weighted by Gasteiger charge is 2.52. The van der Waals surface area contributed by atoms with Gasteiger partial charge >= 0.3 is 7.60 Å². The first kappa shape index (κ1) is 19.1. The number of imidazole rings is 1. The number of ether oxygens (including phenoxy) is 2. The van der Waals surface area contributed by atoms with Gasteiger partial charge in [0, 0.05) is 13.7 Å². The van der Waals surface area contributed by atoms with E-state index in [9.17, 15) is 24.6 Å². The highest BCUT2D eigenvalue weighted by atomic mass is 31.2. The van der Waals surface area contributed by atoms with Crippen LogP contribution in [-0.2, 0) is 14.0 Å². The second-order valence-electron chi connectivity index (χ2n) is 5.76. The molecule has 3 rings (SSSR count). The fourth-order valence-corrected chi connectivity index (χ4v) is 3.85. The Morgan fingerprint density at radius 3 is 2.69 bits per heavy atom. The minimum atomic E-state index is -4.74. The Balaban J connectivity index is 1.97. The van der Waals surface area contributed by atoms with Crippen LogP contribution in [0.25, 0.3) is 11.2 Å². The molecule has 1 aliphatic heterocycles. The zero-order chi connectivity index (χ0) is 19.1. The summed E-state index contributed by atoms with van der Waals surface area (Å²) in [6.07, 6.45) is -2.99. The van der Waals surface area contributed by atoms with Gasteiger partial charge in [0.05, 0.1) is 6.33 Å².